The third-order valence-electron chi connectivity index (χ3n) is 3.70. The van der Waals surface area contributed by atoms with Crippen molar-refractivity contribution in [3.63, 3.8) is 0 Å². The standard InChI is InChI=1S/C14H17BrO3/c1-3-12(13(16)17-2)14(8-18-9-14)10-4-6-11(15)7-5-10/h4-7,12H,3,8-9H2,1-2H3. The number of methoxy groups -OCH3 is 1. The van der Waals surface area contributed by atoms with Gasteiger partial charge in [-0.25, -0.2) is 0 Å². The molecule has 18 heavy (non-hydrogen) atoms. The molecule has 1 aliphatic rings. The van der Waals surface area contributed by atoms with E-state index >= 15 is 0 Å². The predicted octanol–water partition coefficient (Wildman–Crippen LogP) is 2.92. The summed E-state index contributed by atoms with van der Waals surface area (Å²) in [6.45, 7) is 3.19. The minimum Gasteiger partial charge on any atom is -0.469 e. The van der Waals surface area contributed by atoms with E-state index < -0.39 is 0 Å². The first kappa shape index (κ1) is 13.6. The molecular weight excluding hydrogens is 296 g/mol. The molecule has 98 valence electrons. The SMILES string of the molecule is CCC(C(=O)OC)C1(c2ccc(Br)cc2)COC1. The first-order chi connectivity index (χ1) is 8.64. The predicted molar refractivity (Wildman–Crippen MR) is 72.4 cm³/mol. The lowest BCUT2D eigenvalue weighted by Gasteiger charge is -2.46. The molecule has 1 aliphatic heterocycles. The lowest BCUT2D eigenvalue weighted by atomic mass is 9.67. The van der Waals surface area contributed by atoms with Crippen molar-refractivity contribution < 1.29 is 14.3 Å². The maximum Gasteiger partial charge on any atom is 0.309 e. The fraction of sp³-hybridized carbons (Fsp3) is 0.500. The van der Waals surface area contributed by atoms with E-state index in [0.717, 1.165) is 16.5 Å². The van der Waals surface area contributed by atoms with Gasteiger partial charge in [-0.1, -0.05) is 35.0 Å². The van der Waals surface area contributed by atoms with Crippen LogP contribution < -0.4 is 0 Å². The van der Waals surface area contributed by atoms with Gasteiger partial charge >= 0.3 is 5.97 Å². The van der Waals surface area contributed by atoms with Crippen molar-refractivity contribution in [2.45, 2.75) is 18.8 Å². The maximum absolute atomic E-state index is 11.9. The molecule has 1 aromatic rings. The zero-order valence-corrected chi connectivity index (χ0v) is 12.2. The van der Waals surface area contributed by atoms with Gasteiger partial charge in [-0.05, 0) is 24.1 Å². The highest BCUT2D eigenvalue weighted by atomic mass is 79.9. The molecule has 0 N–H and O–H groups in total. The lowest BCUT2D eigenvalue weighted by Crippen LogP contribution is -2.54. The first-order valence-electron chi connectivity index (χ1n) is 6.05. The monoisotopic (exact) mass is 312 g/mol. The fourth-order valence-corrected chi connectivity index (χ4v) is 2.86. The molecule has 1 fully saturated rings. The smallest absolute Gasteiger partial charge is 0.309 e. The topological polar surface area (TPSA) is 35.5 Å². The molecule has 4 heteroatoms. The van der Waals surface area contributed by atoms with Crippen LogP contribution >= 0.6 is 15.9 Å². The summed E-state index contributed by atoms with van der Waals surface area (Å²) in [5.74, 6) is -0.291. The number of benzene rings is 1. The Morgan fingerprint density at radius 1 is 1.44 bits per heavy atom. The van der Waals surface area contributed by atoms with Crippen LogP contribution in [0.1, 0.15) is 18.9 Å². The van der Waals surface area contributed by atoms with Gasteiger partial charge in [0.15, 0.2) is 0 Å². The molecule has 1 saturated heterocycles. The van der Waals surface area contributed by atoms with Gasteiger partial charge in [0.25, 0.3) is 0 Å². The Hall–Kier alpha value is -0.870. The van der Waals surface area contributed by atoms with Gasteiger partial charge in [-0.3, -0.25) is 4.79 Å². The number of esters is 1. The zero-order valence-electron chi connectivity index (χ0n) is 10.6. The normalized spacial score (nSPS) is 18.8. The molecule has 1 atom stereocenters. The van der Waals surface area contributed by atoms with E-state index in [4.69, 9.17) is 9.47 Å². The van der Waals surface area contributed by atoms with Crippen molar-refractivity contribution >= 4 is 21.9 Å². The Balaban J connectivity index is 2.35. The summed E-state index contributed by atoms with van der Waals surface area (Å²) in [4.78, 5) is 11.9. The van der Waals surface area contributed by atoms with E-state index in [0.29, 0.717) is 13.2 Å². The Kier molecular flexibility index (Phi) is 4.07. The van der Waals surface area contributed by atoms with Crippen molar-refractivity contribution in [2.75, 3.05) is 20.3 Å². The van der Waals surface area contributed by atoms with Crippen molar-refractivity contribution in [3.8, 4) is 0 Å². The molecule has 1 heterocycles. The summed E-state index contributed by atoms with van der Waals surface area (Å²) in [5.41, 5.74) is 0.928. The van der Waals surface area contributed by atoms with Crippen LogP contribution in [0.25, 0.3) is 0 Å². The van der Waals surface area contributed by atoms with E-state index in [1.54, 1.807) is 0 Å². The second-order valence-electron chi connectivity index (χ2n) is 4.64. The summed E-state index contributed by atoms with van der Waals surface area (Å²) in [7, 11) is 1.44. The highest BCUT2D eigenvalue weighted by molar-refractivity contribution is 9.10. The van der Waals surface area contributed by atoms with E-state index in [9.17, 15) is 4.79 Å². The van der Waals surface area contributed by atoms with E-state index in [-0.39, 0.29) is 17.3 Å². The molecule has 0 bridgehead atoms. The number of halogens is 1. The van der Waals surface area contributed by atoms with Gasteiger partial charge in [0, 0.05) is 4.47 Å². The average Bonchev–Trinajstić information content (AvgIpc) is 2.34. The van der Waals surface area contributed by atoms with Gasteiger partial charge in [0.05, 0.1) is 31.7 Å². The van der Waals surface area contributed by atoms with Crippen LogP contribution in [0.5, 0.6) is 0 Å². The van der Waals surface area contributed by atoms with Crippen LogP contribution in [0.2, 0.25) is 0 Å². The van der Waals surface area contributed by atoms with Crippen molar-refractivity contribution in [1.82, 2.24) is 0 Å². The van der Waals surface area contributed by atoms with Crippen molar-refractivity contribution in [3.05, 3.63) is 34.3 Å². The van der Waals surface area contributed by atoms with Gasteiger partial charge in [0.2, 0.25) is 0 Å². The van der Waals surface area contributed by atoms with Gasteiger partial charge in [0.1, 0.15) is 0 Å². The Bertz CT molecular complexity index is 423. The van der Waals surface area contributed by atoms with Crippen LogP contribution in [0.3, 0.4) is 0 Å². The van der Waals surface area contributed by atoms with E-state index in [2.05, 4.69) is 28.1 Å². The molecule has 1 unspecified atom stereocenters. The number of carbonyl (C=O) groups is 1. The molecule has 0 aromatic heterocycles. The molecule has 2 rings (SSSR count). The van der Waals surface area contributed by atoms with E-state index in [1.807, 2.05) is 19.1 Å². The second-order valence-corrected chi connectivity index (χ2v) is 5.56. The first-order valence-corrected chi connectivity index (χ1v) is 6.85. The molecule has 0 amide bonds. The molecule has 3 nitrogen and oxygen atoms in total. The summed E-state index contributed by atoms with van der Waals surface area (Å²) < 4.78 is 11.3. The molecule has 0 aliphatic carbocycles. The minimum atomic E-state index is -0.220. The van der Waals surface area contributed by atoms with Crippen LogP contribution in [0, 0.1) is 5.92 Å². The second kappa shape index (κ2) is 5.41. The third kappa shape index (κ3) is 2.19. The Morgan fingerprint density at radius 2 is 2.06 bits per heavy atom. The number of hydrogen-bond donors (Lipinski definition) is 0. The minimum absolute atomic E-state index is 0.141. The van der Waals surface area contributed by atoms with Crippen molar-refractivity contribution in [2.24, 2.45) is 5.92 Å². The van der Waals surface area contributed by atoms with Crippen LogP contribution in [0.4, 0.5) is 0 Å². The highest BCUT2D eigenvalue weighted by Gasteiger charge is 2.49. The molecule has 0 saturated carbocycles. The molecule has 0 spiro atoms. The number of hydrogen-bond acceptors (Lipinski definition) is 3. The quantitative estimate of drug-likeness (QED) is 0.802. The third-order valence-corrected chi connectivity index (χ3v) is 4.23. The molecule has 1 aromatic carbocycles. The zero-order chi connectivity index (χ0) is 13.2. The fourth-order valence-electron chi connectivity index (χ4n) is 2.60. The number of carbonyl (C=O) groups excluding carboxylic acids is 1. The van der Waals surface area contributed by atoms with E-state index in [1.165, 1.54) is 7.11 Å². The van der Waals surface area contributed by atoms with Gasteiger partial charge < -0.3 is 9.47 Å². The number of rotatable bonds is 4. The summed E-state index contributed by atoms with van der Waals surface area (Å²) in [6, 6.07) is 8.11. The average molecular weight is 313 g/mol. The van der Waals surface area contributed by atoms with Crippen LogP contribution in [-0.4, -0.2) is 26.3 Å². The summed E-state index contributed by atoms with van der Waals surface area (Å²) >= 11 is 3.43. The van der Waals surface area contributed by atoms with Gasteiger partial charge in [-0.15, -0.1) is 0 Å². The van der Waals surface area contributed by atoms with Gasteiger partial charge in [-0.2, -0.15) is 0 Å². The maximum atomic E-state index is 11.9. The summed E-state index contributed by atoms with van der Waals surface area (Å²) in [5, 5.41) is 0. The summed E-state index contributed by atoms with van der Waals surface area (Å²) in [6.07, 6.45) is 0.756. The van der Waals surface area contributed by atoms with Crippen molar-refractivity contribution in [1.29, 1.82) is 0 Å². The Labute approximate surface area is 116 Å². The van der Waals surface area contributed by atoms with Crippen LogP contribution in [-0.2, 0) is 19.7 Å². The number of ether oxygens (including phenoxy) is 2. The molecular formula is C14H17BrO3. The Morgan fingerprint density at radius 3 is 2.44 bits per heavy atom. The highest BCUT2D eigenvalue weighted by Crippen LogP contribution is 2.42. The van der Waals surface area contributed by atoms with Crippen LogP contribution in [0.15, 0.2) is 28.7 Å². The largest absolute Gasteiger partial charge is 0.469 e. The molecule has 0 radical (unpaired) electrons. The lowest BCUT2D eigenvalue weighted by molar-refractivity contribution is -0.160.